The van der Waals surface area contributed by atoms with E-state index >= 15 is 0 Å². The summed E-state index contributed by atoms with van der Waals surface area (Å²) in [7, 11) is 1.74. The molecule has 0 fully saturated rings. The number of urea groups is 1. The number of benzene rings is 1. The van der Waals surface area contributed by atoms with Gasteiger partial charge >= 0.3 is 12.2 Å². The van der Waals surface area contributed by atoms with E-state index in [-0.39, 0.29) is 12.2 Å². The van der Waals surface area contributed by atoms with Gasteiger partial charge < -0.3 is 10.6 Å². The van der Waals surface area contributed by atoms with E-state index in [1.165, 1.54) is 12.1 Å². The van der Waals surface area contributed by atoms with Crippen LogP contribution in [-0.4, -0.2) is 15.8 Å². The first-order chi connectivity index (χ1) is 9.84. The minimum absolute atomic E-state index is 0.0725. The predicted octanol–water partition coefficient (Wildman–Crippen LogP) is 2.76. The second kappa shape index (κ2) is 5.86. The largest absolute Gasteiger partial charge is 0.416 e. The van der Waals surface area contributed by atoms with Crippen molar-refractivity contribution < 1.29 is 18.0 Å². The summed E-state index contributed by atoms with van der Waals surface area (Å²) < 4.78 is 39.2. The molecule has 0 spiro atoms. The molecule has 0 saturated carbocycles. The van der Waals surface area contributed by atoms with E-state index in [4.69, 9.17) is 0 Å². The van der Waals surface area contributed by atoms with Crippen LogP contribution in [0.2, 0.25) is 0 Å². The number of carbonyl (C=O) groups is 1. The van der Waals surface area contributed by atoms with Crippen molar-refractivity contribution in [3.8, 4) is 0 Å². The molecule has 0 aliphatic heterocycles. The fourth-order valence-electron chi connectivity index (χ4n) is 1.68. The van der Waals surface area contributed by atoms with E-state index in [0.29, 0.717) is 5.69 Å². The molecule has 21 heavy (non-hydrogen) atoms. The van der Waals surface area contributed by atoms with Crippen molar-refractivity contribution in [3.63, 3.8) is 0 Å². The summed E-state index contributed by atoms with van der Waals surface area (Å²) in [5.41, 5.74) is -0.0925. The Labute approximate surface area is 118 Å². The van der Waals surface area contributed by atoms with E-state index in [1.54, 1.807) is 24.0 Å². The number of halogens is 3. The summed E-state index contributed by atoms with van der Waals surface area (Å²) in [5, 5.41) is 8.92. The normalized spacial score (nSPS) is 11.2. The van der Waals surface area contributed by atoms with Crippen LogP contribution in [0.1, 0.15) is 11.3 Å². The molecule has 5 nitrogen and oxygen atoms in total. The molecule has 0 aliphatic carbocycles. The Balaban J connectivity index is 1.93. The van der Waals surface area contributed by atoms with Gasteiger partial charge in [0, 0.05) is 18.9 Å². The molecule has 0 radical (unpaired) electrons. The number of aryl methyl sites for hydroxylation is 1. The molecule has 0 aliphatic rings. The fraction of sp³-hybridized carbons (Fsp3) is 0.231. The zero-order valence-corrected chi connectivity index (χ0v) is 11.1. The monoisotopic (exact) mass is 298 g/mol. The number of rotatable bonds is 3. The average Bonchev–Trinajstić information content (AvgIpc) is 2.82. The highest BCUT2D eigenvalue weighted by Gasteiger charge is 2.30. The van der Waals surface area contributed by atoms with Crippen LogP contribution in [0, 0.1) is 0 Å². The van der Waals surface area contributed by atoms with Crippen molar-refractivity contribution in [1.82, 2.24) is 15.1 Å². The quantitative estimate of drug-likeness (QED) is 0.915. The van der Waals surface area contributed by atoms with Gasteiger partial charge in [-0.1, -0.05) is 6.07 Å². The van der Waals surface area contributed by atoms with Gasteiger partial charge in [-0.2, -0.15) is 18.3 Å². The summed E-state index contributed by atoms with van der Waals surface area (Å²) in [6.07, 6.45) is -2.72. The Morgan fingerprint density at radius 2 is 2.10 bits per heavy atom. The highest BCUT2D eigenvalue weighted by molar-refractivity contribution is 5.89. The molecule has 112 valence electrons. The summed E-state index contributed by atoms with van der Waals surface area (Å²) in [4.78, 5) is 11.6. The van der Waals surface area contributed by atoms with Gasteiger partial charge in [-0.05, 0) is 24.3 Å². The first kappa shape index (κ1) is 14.9. The number of alkyl halides is 3. The lowest BCUT2D eigenvalue weighted by Crippen LogP contribution is -2.28. The molecule has 1 aromatic carbocycles. The van der Waals surface area contributed by atoms with Crippen molar-refractivity contribution in [2.45, 2.75) is 12.7 Å². The molecule has 1 heterocycles. The summed E-state index contributed by atoms with van der Waals surface area (Å²) >= 11 is 0. The average molecular weight is 298 g/mol. The Hall–Kier alpha value is -2.51. The number of nitrogens with zero attached hydrogens (tertiary/aromatic N) is 2. The van der Waals surface area contributed by atoms with Crippen LogP contribution < -0.4 is 10.6 Å². The lowest BCUT2D eigenvalue weighted by atomic mass is 10.2. The Bertz CT molecular complexity index is 636. The van der Waals surface area contributed by atoms with E-state index < -0.39 is 17.8 Å². The van der Waals surface area contributed by atoms with E-state index in [1.807, 2.05) is 0 Å². The molecule has 2 N–H and O–H groups in total. The summed E-state index contributed by atoms with van der Waals surface area (Å²) in [5.74, 6) is 0. The number of hydrogen-bond acceptors (Lipinski definition) is 2. The first-order valence-corrected chi connectivity index (χ1v) is 6.05. The Morgan fingerprint density at radius 3 is 2.71 bits per heavy atom. The smallest absolute Gasteiger partial charge is 0.332 e. The lowest BCUT2D eigenvalue weighted by molar-refractivity contribution is -0.137. The van der Waals surface area contributed by atoms with Crippen LogP contribution in [-0.2, 0) is 19.8 Å². The van der Waals surface area contributed by atoms with Crippen molar-refractivity contribution in [3.05, 3.63) is 47.8 Å². The third kappa shape index (κ3) is 4.23. The maximum absolute atomic E-state index is 12.5. The van der Waals surface area contributed by atoms with Crippen molar-refractivity contribution >= 4 is 11.7 Å². The molecule has 0 bridgehead atoms. The standard InChI is InChI=1S/C13H13F3N4O/c1-20-6-5-11(19-20)8-17-12(21)18-10-4-2-3-9(7-10)13(14,15)16/h2-7H,8H2,1H3,(H2,17,18,21). The number of amides is 2. The second-order valence-corrected chi connectivity index (χ2v) is 4.37. The zero-order valence-electron chi connectivity index (χ0n) is 11.1. The van der Waals surface area contributed by atoms with Crippen LogP contribution in [0.25, 0.3) is 0 Å². The van der Waals surface area contributed by atoms with Crippen molar-refractivity contribution in [2.24, 2.45) is 7.05 Å². The maximum Gasteiger partial charge on any atom is 0.416 e. The van der Waals surface area contributed by atoms with E-state index in [2.05, 4.69) is 15.7 Å². The number of anilines is 1. The lowest BCUT2D eigenvalue weighted by Gasteiger charge is -2.10. The molecule has 8 heteroatoms. The third-order valence-electron chi connectivity index (χ3n) is 2.65. The maximum atomic E-state index is 12.5. The number of nitrogens with one attached hydrogen (secondary N) is 2. The predicted molar refractivity (Wildman–Crippen MR) is 70.5 cm³/mol. The Morgan fingerprint density at radius 1 is 1.33 bits per heavy atom. The van der Waals surface area contributed by atoms with Gasteiger partial charge in [0.1, 0.15) is 0 Å². The highest BCUT2D eigenvalue weighted by atomic mass is 19.4. The zero-order chi connectivity index (χ0) is 15.5. The molecular formula is C13H13F3N4O. The van der Waals surface area contributed by atoms with Crippen LogP contribution in [0.3, 0.4) is 0 Å². The number of aromatic nitrogens is 2. The van der Waals surface area contributed by atoms with E-state index in [9.17, 15) is 18.0 Å². The highest BCUT2D eigenvalue weighted by Crippen LogP contribution is 2.30. The van der Waals surface area contributed by atoms with Gasteiger partial charge in [-0.25, -0.2) is 4.79 Å². The molecule has 2 amide bonds. The fourth-order valence-corrected chi connectivity index (χ4v) is 1.68. The van der Waals surface area contributed by atoms with Gasteiger partial charge in [0.15, 0.2) is 0 Å². The molecule has 0 saturated heterocycles. The van der Waals surface area contributed by atoms with Gasteiger partial charge in [0.2, 0.25) is 0 Å². The molecule has 0 unspecified atom stereocenters. The first-order valence-electron chi connectivity index (χ1n) is 6.05. The number of carbonyl (C=O) groups excluding carboxylic acids is 1. The van der Waals surface area contributed by atoms with Crippen LogP contribution in [0.4, 0.5) is 23.7 Å². The van der Waals surface area contributed by atoms with Crippen LogP contribution in [0.15, 0.2) is 36.5 Å². The molecular weight excluding hydrogens is 285 g/mol. The summed E-state index contributed by atoms with van der Waals surface area (Å²) in [6.45, 7) is 0.186. The number of hydrogen-bond donors (Lipinski definition) is 2. The van der Waals surface area contributed by atoms with Gasteiger partial charge in [0.25, 0.3) is 0 Å². The van der Waals surface area contributed by atoms with Crippen molar-refractivity contribution in [2.75, 3.05) is 5.32 Å². The van der Waals surface area contributed by atoms with Crippen molar-refractivity contribution in [1.29, 1.82) is 0 Å². The van der Waals surface area contributed by atoms with Gasteiger partial charge in [0.05, 0.1) is 17.8 Å². The topological polar surface area (TPSA) is 59.0 Å². The third-order valence-corrected chi connectivity index (χ3v) is 2.65. The second-order valence-electron chi connectivity index (χ2n) is 4.37. The molecule has 1 aromatic heterocycles. The van der Waals surface area contributed by atoms with Crippen LogP contribution in [0.5, 0.6) is 0 Å². The summed E-state index contributed by atoms with van der Waals surface area (Å²) in [6, 6.07) is 5.56. The molecule has 2 rings (SSSR count). The molecule has 0 atom stereocenters. The Kier molecular flexibility index (Phi) is 4.15. The molecule has 2 aromatic rings. The van der Waals surface area contributed by atoms with Gasteiger partial charge in [-0.15, -0.1) is 0 Å². The van der Waals surface area contributed by atoms with E-state index in [0.717, 1.165) is 12.1 Å². The van der Waals surface area contributed by atoms with Gasteiger partial charge in [-0.3, -0.25) is 4.68 Å². The minimum atomic E-state index is -4.44. The SMILES string of the molecule is Cn1ccc(CNC(=O)Nc2cccc(C(F)(F)F)c2)n1. The van der Waals surface area contributed by atoms with Crippen LogP contribution >= 0.6 is 0 Å². The minimum Gasteiger partial charge on any atom is -0.332 e.